The Morgan fingerprint density at radius 3 is 2.50 bits per heavy atom. The minimum Gasteiger partial charge on any atom is -0.494 e. The van der Waals surface area contributed by atoms with Crippen molar-refractivity contribution in [3.8, 4) is 5.75 Å². The number of hydrogen-bond acceptors (Lipinski definition) is 5. The second kappa shape index (κ2) is 15.1. The molecule has 0 aliphatic heterocycles. The quantitative estimate of drug-likeness (QED) is 0.262. The molecule has 2 heterocycles. The summed E-state index contributed by atoms with van der Waals surface area (Å²) in [5, 5.41) is 4.57. The van der Waals surface area contributed by atoms with Crippen molar-refractivity contribution in [1.29, 1.82) is 0 Å². The van der Waals surface area contributed by atoms with Gasteiger partial charge in [0, 0.05) is 62.6 Å². The van der Waals surface area contributed by atoms with Gasteiger partial charge in [-0.2, -0.15) is 0 Å². The predicted octanol–water partition coefficient (Wildman–Crippen LogP) is 5.04. The highest BCUT2D eigenvalue weighted by Gasteiger charge is 2.14. The van der Waals surface area contributed by atoms with Crippen LogP contribution in [0.15, 0.2) is 90.0 Å². The lowest BCUT2D eigenvalue weighted by Crippen LogP contribution is -2.35. The summed E-state index contributed by atoms with van der Waals surface area (Å²) in [6.07, 6.45) is 5.33. The van der Waals surface area contributed by atoms with E-state index in [1.165, 1.54) is 0 Å². The number of amides is 1. The van der Waals surface area contributed by atoms with Crippen LogP contribution in [0.3, 0.4) is 0 Å². The number of hydrogen-bond donors (Lipinski definition) is 1. The first kappa shape index (κ1) is 30.8. The highest BCUT2D eigenvalue weighted by atomic mass is 35.5. The van der Waals surface area contributed by atoms with E-state index in [1.54, 1.807) is 35.0 Å². The molecule has 2 aromatic heterocycles. The van der Waals surface area contributed by atoms with Crippen LogP contribution < -0.4 is 15.6 Å². The van der Waals surface area contributed by atoms with Crippen molar-refractivity contribution in [2.75, 3.05) is 26.7 Å². The Balaban J connectivity index is 0.00000253. The molecule has 2 aromatic carbocycles. The molecule has 9 heteroatoms. The number of aryl methyl sites for hydroxylation is 1. The summed E-state index contributed by atoms with van der Waals surface area (Å²) in [7, 11) is 3.60. The molecule has 0 fully saturated rings. The first-order valence-electron chi connectivity index (χ1n) is 12.2. The molecule has 38 heavy (non-hydrogen) atoms. The van der Waals surface area contributed by atoms with E-state index in [9.17, 15) is 9.59 Å². The number of halogens is 2. The second-order valence-electron chi connectivity index (χ2n) is 8.82. The van der Waals surface area contributed by atoms with Gasteiger partial charge in [0.2, 0.25) is 0 Å². The van der Waals surface area contributed by atoms with Crippen LogP contribution in [-0.4, -0.2) is 47.1 Å². The molecule has 1 atom stereocenters. The molecule has 0 spiro atoms. The normalized spacial score (nSPS) is 11.2. The van der Waals surface area contributed by atoms with E-state index in [0.717, 1.165) is 35.1 Å². The molecule has 4 rings (SSSR count). The van der Waals surface area contributed by atoms with Crippen molar-refractivity contribution >= 4 is 41.6 Å². The van der Waals surface area contributed by atoms with Crippen LogP contribution >= 0.6 is 24.8 Å². The summed E-state index contributed by atoms with van der Waals surface area (Å²) >= 11 is 0. The van der Waals surface area contributed by atoms with Gasteiger partial charge in [0.1, 0.15) is 5.75 Å². The van der Waals surface area contributed by atoms with E-state index in [0.29, 0.717) is 25.3 Å². The van der Waals surface area contributed by atoms with E-state index < -0.39 is 0 Å². The third-order valence-electron chi connectivity index (χ3n) is 6.32. The van der Waals surface area contributed by atoms with Crippen molar-refractivity contribution in [2.24, 2.45) is 7.05 Å². The van der Waals surface area contributed by atoms with Crippen LogP contribution in [0, 0.1) is 0 Å². The number of nitrogens with zero attached hydrogens (tertiary/aromatic N) is 3. The maximum absolute atomic E-state index is 12.6. The fourth-order valence-corrected chi connectivity index (χ4v) is 4.22. The van der Waals surface area contributed by atoms with E-state index in [-0.39, 0.29) is 42.3 Å². The Kier molecular flexibility index (Phi) is 12.3. The van der Waals surface area contributed by atoms with Gasteiger partial charge in [0.15, 0.2) is 0 Å². The van der Waals surface area contributed by atoms with Crippen LogP contribution in [0.25, 0.3) is 10.9 Å². The SMILES string of the molecule is CN(CCNC(CCCOc1ccc2c(ccc(=O)n2C)c1)c1ccncc1)C(=O)c1ccccc1.Cl.Cl. The molecule has 0 saturated heterocycles. The van der Waals surface area contributed by atoms with Gasteiger partial charge in [0.25, 0.3) is 11.5 Å². The largest absolute Gasteiger partial charge is 0.494 e. The number of carbonyl (C=O) groups is 1. The fourth-order valence-electron chi connectivity index (χ4n) is 4.22. The molecular weight excluding hydrogens is 523 g/mol. The standard InChI is InChI=1S/C29H32N4O3.2ClH/c1-32(29(35)23-7-4-3-5-8-23)19-18-31-26(22-14-16-30-17-15-22)9-6-20-36-25-11-12-27-24(21-25)10-13-28(34)33(27)2;;/h3-5,7-8,10-17,21,26,31H,6,9,18-20H2,1-2H3;2*1H. The van der Waals surface area contributed by atoms with Crippen molar-refractivity contribution in [2.45, 2.75) is 18.9 Å². The summed E-state index contributed by atoms with van der Waals surface area (Å²) in [6, 6.07) is 22.7. The van der Waals surface area contributed by atoms with Crippen LogP contribution in [0.5, 0.6) is 5.75 Å². The van der Waals surface area contributed by atoms with E-state index >= 15 is 0 Å². The Hall–Kier alpha value is -3.39. The average Bonchev–Trinajstić information content (AvgIpc) is 2.92. The third kappa shape index (κ3) is 8.05. The number of carbonyl (C=O) groups excluding carboxylic acids is 1. The average molecular weight is 558 g/mol. The van der Waals surface area contributed by atoms with Crippen LogP contribution in [0.4, 0.5) is 0 Å². The van der Waals surface area contributed by atoms with Crippen molar-refractivity contribution in [3.05, 3.63) is 107 Å². The zero-order valence-corrected chi connectivity index (χ0v) is 23.2. The molecule has 0 aliphatic carbocycles. The Morgan fingerprint density at radius 1 is 1.03 bits per heavy atom. The van der Waals surface area contributed by atoms with Crippen molar-refractivity contribution in [1.82, 2.24) is 19.8 Å². The fraction of sp³-hybridized carbons (Fsp3) is 0.276. The number of ether oxygens (including phenoxy) is 1. The number of fused-ring (bicyclic) bond motifs is 1. The number of benzene rings is 2. The van der Waals surface area contributed by atoms with Gasteiger partial charge in [-0.05, 0) is 66.9 Å². The number of pyridine rings is 2. The summed E-state index contributed by atoms with van der Waals surface area (Å²) in [5.41, 5.74) is 2.71. The summed E-state index contributed by atoms with van der Waals surface area (Å²) in [6.45, 7) is 1.85. The lowest BCUT2D eigenvalue weighted by Gasteiger charge is -2.22. The maximum Gasteiger partial charge on any atom is 0.253 e. The second-order valence-corrected chi connectivity index (χ2v) is 8.82. The molecule has 1 N–H and O–H groups in total. The van der Waals surface area contributed by atoms with E-state index in [2.05, 4.69) is 10.3 Å². The highest BCUT2D eigenvalue weighted by molar-refractivity contribution is 5.94. The zero-order valence-electron chi connectivity index (χ0n) is 21.6. The summed E-state index contributed by atoms with van der Waals surface area (Å²) in [5.74, 6) is 0.803. The minimum absolute atomic E-state index is 0. The van der Waals surface area contributed by atoms with Crippen LogP contribution in [0.2, 0.25) is 0 Å². The molecular formula is C29H34Cl2N4O3. The van der Waals surface area contributed by atoms with Gasteiger partial charge in [-0.3, -0.25) is 14.6 Å². The Morgan fingerprint density at radius 2 is 1.76 bits per heavy atom. The molecule has 202 valence electrons. The first-order valence-corrected chi connectivity index (χ1v) is 12.2. The van der Waals surface area contributed by atoms with Crippen molar-refractivity contribution in [3.63, 3.8) is 0 Å². The third-order valence-corrected chi connectivity index (χ3v) is 6.32. The van der Waals surface area contributed by atoms with Gasteiger partial charge in [-0.1, -0.05) is 18.2 Å². The number of likely N-dealkylation sites (N-methyl/N-ethyl adjacent to an activating group) is 1. The van der Waals surface area contributed by atoms with Crippen LogP contribution in [-0.2, 0) is 7.05 Å². The molecule has 0 bridgehead atoms. The van der Waals surface area contributed by atoms with Gasteiger partial charge >= 0.3 is 0 Å². The first-order chi connectivity index (χ1) is 17.5. The molecule has 0 saturated carbocycles. The topological polar surface area (TPSA) is 76.5 Å². The Bertz CT molecular complexity index is 1350. The molecule has 1 unspecified atom stereocenters. The smallest absolute Gasteiger partial charge is 0.253 e. The number of aromatic nitrogens is 2. The maximum atomic E-state index is 12.6. The lowest BCUT2D eigenvalue weighted by atomic mass is 10.0. The van der Waals surface area contributed by atoms with Gasteiger partial charge in [-0.15, -0.1) is 24.8 Å². The summed E-state index contributed by atoms with van der Waals surface area (Å²) in [4.78, 5) is 30.3. The molecule has 0 radical (unpaired) electrons. The van der Waals surface area contributed by atoms with Gasteiger partial charge in [-0.25, -0.2) is 0 Å². The lowest BCUT2D eigenvalue weighted by molar-refractivity contribution is 0.0795. The molecule has 4 aromatic rings. The zero-order chi connectivity index (χ0) is 25.3. The van der Waals surface area contributed by atoms with Gasteiger partial charge in [0.05, 0.1) is 12.1 Å². The molecule has 1 amide bonds. The van der Waals surface area contributed by atoms with Crippen molar-refractivity contribution < 1.29 is 9.53 Å². The van der Waals surface area contributed by atoms with Crippen LogP contribution in [0.1, 0.15) is 34.8 Å². The van der Waals surface area contributed by atoms with E-state index in [4.69, 9.17) is 4.74 Å². The Labute approximate surface area is 235 Å². The highest BCUT2D eigenvalue weighted by Crippen LogP contribution is 2.21. The number of nitrogens with one attached hydrogen (secondary N) is 1. The molecule has 0 aliphatic rings. The van der Waals surface area contributed by atoms with E-state index in [1.807, 2.05) is 73.8 Å². The number of rotatable bonds is 11. The monoisotopic (exact) mass is 556 g/mol. The minimum atomic E-state index is -0.0264. The summed E-state index contributed by atoms with van der Waals surface area (Å²) < 4.78 is 7.65. The van der Waals surface area contributed by atoms with Gasteiger partial charge < -0.3 is 19.5 Å². The predicted molar refractivity (Wildman–Crippen MR) is 157 cm³/mol. The molecule has 7 nitrogen and oxygen atoms in total.